The topological polar surface area (TPSA) is 29.3 Å². The monoisotopic (exact) mass is 240 g/mol. The van der Waals surface area contributed by atoms with Gasteiger partial charge in [0.2, 0.25) is 0 Å². The molecule has 0 aliphatic carbocycles. The molecule has 0 radical (unpaired) electrons. The second-order valence-electron chi connectivity index (χ2n) is 3.63. The van der Waals surface area contributed by atoms with Gasteiger partial charge in [-0.1, -0.05) is 26.1 Å². The Morgan fingerprint density at radius 1 is 1.38 bits per heavy atom. The van der Waals surface area contributed by atoms with Gasteiger partial charge >= 0.3 is 0 Å². The highest BCUT2D eigenvalue weighted by Gasteiger charge is 2.09. The van der Waals surface area contributed by atoms with Crippen LogP contribution in [-0.2, 0) is 6.54 Å². The Balaban J connectivity index is 3.00. The van der Waals surface area contributed by atoms with Crippen LogP contribution < -0.4 is 5.73 Å². The van der Waals surface area contributed by atoms with Crippen molar-refractivity contribution < 1.29 is 4.39 Å². The molecule has 4 heteroatoms. The lowest BCUT2D eigenvalue weighted by Gasteiger charge is -2.19. The summed E-state index contributed by atoms with van der Waals surface area (Å²) in [7, 11) is 0. The van der Waals surface area contributed by atoms with Crippen molar-refractivity contribution in [2.45, 2.75) is 20.4 Å². The zero-order chi connectivity index (χ0) is 12.1. The van der Waals surface area contributed by atoms with Crippen LogP contribution in [0.5, 0.6) is 0 Å². The lowest BCUT2D eigenvalue weighted by atomic mass is 10.1. The summed E-state index contributed by atoms with van der Waals surface area (Å²) in [6, 6.07) is 4.55. The van der Waals surface area contributed by atoms with E-state index in [2.05, 4.69) is 18.7 Å². The van der Waals surface area contributed by atoms with Crippen LogP contribution in [0, 0.1) is 5.82 Å². The van der Waals surface area contributed by atoms with Crippen LogP contribution in [0.3, 0.4) is 0 Å². The van der Waals surface area contributed by atoms with Crippen molar-refractivity contribution in [3.8, 4) is 0 Å². The van der Waals surface area contributed by atoms with Crippen molar-refractivity contribution in [3.05, 3.63) is 35.1 Å². The summed E-state index contributed by atoms with van der Waals surface area (Å²) >= 11 is 4.95. The molecule has 0 saturated heterocycles. The molecule has 0 bridgehead atoms. The summed E-state index contributed by atoms with van der Waals surface area (Å²) in [4.78, 5) is 2.51. The maximum atomic E-state index is 13.2. The van der Waals surface area contributed by atoms with Gasteiger partial charge in [-0.3, -0.25) is 4.90 Å². The number of thiocarbonyl (C=S) groups is 1. The van der Waals surface area contributed by atoms with E-state index in [1.807, 2.05) is 0 Å². The minimum atomic E-state index is -0.248. The van der Waals surface area contributed by atoms with Crippen molar-refractivity contribution in [3.63, 3.8) is 0 Å². The first-order valence-electron chi connectivity index (χ1n) is 5.39. The van der Waals surface area contributed by atoms with Crippen LogP contribution in [0.2, 0.25) is 0 Å². The molecule has 2 nitrogen and oxygen atoms in total. The molecule has 1 aromatic carbocycles. The van der Waals surface area contributed by atoms with Crippen LogP contribution in [0.15, 0.2) is 18.2 Å². The van der Waals surface area contributed by atoms with Crippen molar-refractivity contribution in [2.24, 2.45) is 5.73 Å². The highest BCUT2D eigenvalue weighted by atomic mass is 32.1. The summed E-state index contributed by atoms with van der Waals surface area (Å²) in [5.41, 5.74) is 7.24. The number of rotatable bonds is 5. The van der Waals surface area contributed by atoms with E-state index in [4.69, 9.17) is 18.0 Å². The van der Waals surface area contributed by atoms with Crippen molar-refractivity contribution in [1.82, 2.24) is 4.90 Å². The molecule has 0 spiro atoms. The van der Waals surface area contributed by atoms with Crippen molar-refractivity contribution in [2.75, 3.05) is 13.1 Å². The van der Waals surface area contributed by atoms with Crippen LogP contribution in [-0.4, -0.2) is 23.0 Å². The van der Waals surface area contributed by atoms with Gasteiger partial charge < -0.3 is 5.73 Å². The third-order valence-electron chi connectivity index (χ3n) is 2.62. The molecule has 0 aliphatic heterocycles. The number of halogens is 1. The zero-order valence-corrected chi connectivity index (χ0v) is 10.5. The Bertz CT molecular complexity index is 375. The number of nitrogens with zero attached hydrogens (tertiary/aromatic N) is 1. The standard InChI is InChI=1S/C12H17FN2S/c1-3-15(4-2)8-9-7-10(13)5-6-11(9)12(14)16/h5-7H,3-4,8H2,1-2H3,(H2,14,16). The van der Waals surface area contributed by atoms with Gasteiger partial charge in [-0.25, -0.2) is 4.39 Å². The Morgan fingerprint density at radius 2 is 2.00 bits per heavy atom. The number of hydrogen-bond acceptors (Lipinski definition) is 2. The fourth-order valence-corrected chi connectivity index (χ4v) is 1.82. The van der Waals surface area contributed by atoms with E-state index >= 15 is 0 Å². The fraction of sp³-hybridized carbons (Fsp3) is 0.417. The maximum absolute atomic E-state index is 13.2. The minimum Gasteiger partial charge on any atom is -0.389 e. The third kappa shape index (κ3) is 3.25. The first-order valence-corrected chi connectivity index (χ1v) is 5.79. The van der Waals surface area contributed by atoms with Crippen LogP contribution in [0.25, 0.3) is 0 Å². The SMILES string of the molecule is CCN(CC)Cc1cc(F)ccc1C(N)=S. The second-order valence-corrected chi connectivity index (χ2v) is 4.07. The summed E-state index contributed by atoms with van der Waals surface area (Å²) in [5.74, 6) is -0.248. The molecule has 2 N–H and O–H groups in total. The molecule has 0 fully saturated rings. The van der Waals surface area contributed by atoms with Gasteiger partial charge in [-0.05, 0) is 36.9 Å². The largest absolute Gasteiger partial charge is 0.389 e. The second kappa shape index (κ2) is 5.92. The van der Waals surface area contributed by atoms with Gasteiger partial charge in [0, 0.05) is 12.1 Å². The minimum absolute atomic E-state index is 0.248. The summed E-state index contributed by atoms with van der Waals surface area (Å²) < 4.78 is 13.2. The van der Waals surface area contributed by atoms with E-state index in [1.165, 1.54) is 12.1 Å². The molecular weight excluding hydrogens is 223 g/mol. The van der Waals surface area contributed by atoms with E-state index in [9.17, 15) is 4.39 Å². The molecule has 16 heavy (non-hydrogen) atoms. The molecular formula is C12H17FN2S. The van der Waals surface area contributed by atoms with Gasteiger partial charge in [0.15, 0.2) is 0 Å². The van der Waals surface area contributed by atoms with E-state index in [1.54, 1.807) is 6.07 Å². The molecule has 0 aliphatic rings. The molecule has 0 saturated carbocycles. The number of benzene rings is 1. The zero-order valence-electron chi connectivity index (χ0n) is 9.66. The van der Waals surface area contributed by atoms with E-state index < -0.39 is 0 Å². The average molecular weight is 240 g/mol. The molecule has 1 aromatic rings. The highest BCUT2D eigenvalue weighted by Crippen LogP contribution is 2.14. The maximum Gasteiger partial charge on any atom is 0.123 e. The third-order valence-corrected chi connectivity index (χ3v) is 2.84. The average Bonchev–Trinajstić information content (AvgIpc) is 2.25. The molecule has 88 valence electrons. The molecule has 0 aromatic heterocycles. The molecule has 0 amide bonds. The van der Waals surface area contributed by atoms with E-state index in [0.717, 1.165) is 24.2 Å². The highest BCUT2D eigenvalue weighted by molar-refractivity contribution is 7.80. The Kier molecular flexibility index (Phi) is 4.83. The van der Waals surface area contributed by atoms with Gasteiger partial charge in [0.25, 0.3) is 0 Å². The van der Waals surface area contributed by atoms with Crippen LogP contribution in [0.4, 0.5) is 4.39 Å². The lowest BCUT2D eigenvalue weighted by molar-refractivity contribution is 0.295. The van der Waals surface area contributed by atoms with Crippen LogP contribution >= 0.6 is 12.2 Å². The summed E-state index contributed by atoms with van der Waals surface area (Å²) in [5, 5.41) is 0. The molecule has 1 rings (SSSR count). The normalized spacial score (nSPS) is 10.8. The van der Waals surface area contributed by atoms with Gasteiger partial charge in [0.1, 0.15) is 10.8 Å². The quantitative estimate of drug-likeness (QED) is 0.801. The fourth-order valence-electron chi connectivity index (χ4n) is 1.62. The lowest BCUT2D eigenvalue weighted by Crippen LogP contribution is -2.24. The summed E-state index contributed by atoms with van der Waals surface area (Å²) in [6.45, 7) is 6.66. The first-order chi connectivity index (χ1) is 7.58. The summed E-state index contributed by atoms with van der Waals surface area (Å²) in [6.07, 6.45) is 0. The van der Waals surface area contributed by atoms with Gasteiger partial charge in [-0.2, -0.15) is 0 Å². The molecule has 0 heterocycles. The number of nitrogens with two attached hydrogens (primary N) is 1. The van der Waals surface area contributed by atoms with Crippen LogP contribution in [0.1, 0.15) is 25.0 Å². The predicted molar refractivity (Wildman–Crippen MR) is 68.9 cm³/mol. The molecule has 0 atom stereocenters. The van der Waals surface area contributed by atoms with Gasteiger partial charge in [-0.15, -0.1) is 0 Å². The first kappa shape index (κ1) is 13.1. The van der Waals surface area contributed by atoms with Crippen molar-refractivity contribution >= 4 is 17.2 Å². The Hall–Kier alpha value is -1.00. The number of hydrogen-bond donors (Lipinski definition) is 1. The van der Waals surface area contributed by atoms with Crippen molar-refractivity contribution in [1.29, 1.82) is 0 Å². The Morgan fingerprint density at radius 3 is 2.50 bits per heavy atom. The Labute approximate surface area is 101 Å². The molecule has 0 unspecified atom stereocenters. The predicted octanol–water partition coefficient (Wildman–Crippen LogP) is 2.30. The smallest absolute Gasteiger partial charge is 0.123 e. The van der Waals surface area contributed by atoms with Gasteiger partial charge in [0.05, 0.1) is 0 Å². The van der Waals surface area contributed by atoms with E-state index in [0.29, 0.717) is 11.5 Å². The van der Waals surface area contributed by atoms with E-state index in [-0.39, 0.29) is 5.82 Å².